The number of pyridine rings is 1. The van der Waals surface area contributed by atoms with Gasteiger partial charge in [-0.3, -0.25) is 9.98 Å². The molecule has 2 aliphatic heterocycles. The maximum atomic E-state index is 15.3. The summed E-state index contributed by atoms with van der Waals surface area (Å²) in [5.41, 5.74) is 3.74. The van der Waals surface area contributed by atoms with Gasteiger partial charge in [0, 0.05) is 49.6 Å². The van der Waals surface area contributed by atoms with Crippen molar-refractivity contribution < 1.29 is 13.5 Å². The Kier molecular flexibility index (Phi) is 6.32. The van der Waals surface area contributed by atoms with Crippen LogP contribution in [0.25, 0.3) is 11.6 Å². The number of fused-ring (bicyclic) bond motifs is 1. The average molecular weight is 516 g/mol. The third-order valence-corrected chi connectivity index (χ3v) is 6.85. The highest BCUT2D eigenvalue weighted by molar-refractivity contribution is 6.10. The van der Waals surface area contributed by atoms with Crippen molar-refractivity contribution in [1.82, 2.24) is 19.9 Å². The number of aromatic nitrogens is 3. The molecule has 194 valence electrons. The monoisotopic (exact) mass is 515 g/mol. The van der Waals surface area contributed by atoms with E-state index in [1.165, 1.54) is 6.07 Å². The first-order valence-electron chi connectivity index (χ1n) is 12.5. The standard InChI is InChI=1S/C28H27F2N7O/c1-17-11-18-13-21(29)27(26(30)20(18)12-17)38-28-34-24(15-25(35-28)37-9-7-36(2)8-10-37)33-23-14-19(16-32-23)22-5-3-4-6-31-22/h3-6,12-15H,7-11,16H2,1-2H3,(H,32,33,34,35). The van der Waals surface area contributed by atoms with Crippen molar-refractivity contribution in [2.75, 3.05) is 50.0 Å². The fraction of sp³-hybridized carbons (Fsp3) is 0.286. The fourth-order valence-corrected chi connectivity index (χ4v) is 4.81. The lowest BCUT2D eigenvalue weighted by Crippen LogP contribution is -2.44. The first-order chi connectivity index (χ1) is 18.4. The quantitative estimate of drug-likeness (QED) is 0.534. The molecule has 38 heavy (non-hydrogen) atoms. The van der Waals surface area contributed by atoms with Crippen molar-refractivity contribution in [3.63, 3.8) is 0 Å². The molecule has 1 saturated heterocycles. The van der Waals surface area contributed by atoms with Crippen molar-refractivity contribution in [3.8, 4) is 11.8 Å². The van der Waals surface area contributed by atoms with E-state index in [9.17, 15) is 4.39 Å². The van der Waals surface area contributed by atoms with Gasteiger partial charge in [-0.15, -0.1) is 0 Å². The minimum Gasteiger partial charge on any atom is -0.418 e. The number of aliphatic imine (C=N–C) groups is 1. The molecule has 0 atom stereocenters. The summed E-state index contributed by atoms with van der Waals surface area (Å²) in [4.78, 5) is 22.2. The Morgan fingerprint density at radius 3 is 2.66 bits per heavy atom. The lowest BCUT2D eigenvalue weighted by atomic mass is 10.1. The largest absolute Gasteiger partial charge is 0.418 e. The zero-order valence-electron chi connectivity index (χ0n) is 21.2. The Hall–Kier alpha value is -4.18. The van der Waals surface area contributed by atoms with Crippen LogP contribution in [0, 0.1) is 11.6 Å². The minimum absolute atomic E-state index is 0.145. The number of hydrogen-bond donors (Lipinski definition) is 1. The second-order valence-corrected chi connectivity index (χ2v) is 9.74. The third-order valence-electron chi connectivity index (χ3n) is 6.85. The van der Waals surface area contributed by atoms with Crippen molar-refractivity contribution in [1.29, 1.82) is 0 Å². The zero-order valence-corrected chi connectivity index (χ0v) is 21.2. The molecule has 1 aliphatic carbocycles. The number of nitrogens with one attached hydrogen (secondary N) is 1. The molecule has 0 saturated carbocycles. The Morgan fingerprint density at radius 1 is 1.03 bits per heavy atom. The van der Waals surface area contributed by atoms with Crippen LogP contribution in [0.5, 0.6) is 11.8 Å². The molecule has 0 bridgehead atoms. The number of allylic oxidation sites excluding steroid dienone is 1. The maximum absolute atomic E-state index is 15.3. The number of piperazine rings is 1. The summed E-state index contributed by atoms with van der Waals surface area (Å²) in [6, 6.07) is 8.71. The molecule has 3 aromatic rings. The molecular weight excluding hydrogens is 488 g/mol. The van der Waals surface area contributed by atoms with Crippen molar-refractivity contribution in [3.05, 3.63) is 76.6 Å². The number of nitrogens with zero attached hydrogens (tertiary/aromatic N) is 6. The van der Waals surface area contributed by atoms with Gasteiger partial charge in [0.15, 0.2) is 11.6 Å². The number of benzene rings is 1. The summed E-state index contributed by atoms with van der Waals surface area (Å²) < 4.78 is 35.9. The second-order valence-electron chi connectivity index (χ2n) is 9.74. The summed E-state index contributed by atoms with van der Waals surface area (Å²) in [5.74, 6) is -0.407. The Balaban J connectivity index is 1.32. The smallest absolute Gasteiger partial charge is 0.326 e. The lowest BCUT2D eigenvalue weighted by Gasteiger charge is -2.33. The van der Waals surface area contributed by atoms with Gasteiger partial charge in [-0.1, -0.05) is 17.7 Å². The van der Waals surface area contributed by atoms with Crippen LogP contribution >= 0.6 is 0 Å². The van der Waals surface area contributed by atoms with E-state index in [0.29, 0.717) is 41.6 Å². The highest BCUT2D eigenvalue weighted by Gasteiger charge is 2.25. The predicted octanol–water partition coefficient (Wildman–Crippen LogP) is 4.56. The van der Waals surface area contributed by atoms with E-state index in [1.54, 1.807) is 18.3 Å². The maximum Gasteiger partial charge on any atom is 0.326 e. The van der Waals surface area contributed by atoms with Crippen LogP contribution < -0.4 is 15.0 Å². The van der Waals surface area contributed by atoms with Crippen molar-refractivity contribution in [2.24, 2.45) is 4.99 Å². The van der Waals surface area contributed by atoms with Crippen LogP contribution in [0.4, 0.5) is 20.4 Å². The van der Waals surface area contributed by atoms with Crippen LogP contribution in [0.1, 0.15) is 23.7 Å². The molecule has 10 heteroatoms. The molecule has 0 spiro atoms. The van der Waals surface area contributed by atoms with Gasteiger partial charge < -0.3 is 19.9 Å². The number of ether oxygens (including phenoxy) is 1. The van der Waals surface area contributed by atoms with Gasteiger partial charge in [-0.05, 0) is 50.2 Å². The molecule has 1 aromatic carbocycles. The summed E-state index contributed by atoms with van der Waals surface area (Å²) in [6.45, 7) is 5.61. The summed E-state index contributed by atoms with van der Waals surface area (Å²) in [6.07, 6.45) is 5.89. The van der Waals surface area contributed by atoms with E-state index in [4.69, 9.17) is 4.74 Å². The van der Waals surface area contributed by atoms with Gasteiger partial charge in [-0.25, -0.2) is 8.78 Å². The molecule has 8 nitrogen and oxygen atoms in total. The molecule has 1 fully saturated rings. The number of anilines is 2. The SMILES string of the molecule is CC1=Cc2c(cc(F)c(Oc3nc(NC4=NCC(c5ccccn5)=C4)cc(N4CCN(C)CC4)n3)c2F)C1. The third kappa shape index (κ3) is 4.87. The van der Waals surface area contributed by atoms with E-state index in [-0.39, 0.29) is 6.01 Å². The summed E-state index contributed by atoms with van der Waals surface area (Å²) >= 11 is 0. The van der Waals surface area contributed by atoms with Crippen LogP contribution in [-0.4, -0.2) is 65.5 Å². The highest BCUT2D eigenvalue weighted by Crippen LogP contribution is 2.36. The molecule has 1 N–H and O–H groups in total. The number of amidine groups is 1. The van der Waals surface area contributed by atoms with Crippen molar-refractivity contribution in [2.45, 2.75) is 13.3 Å². The molecule has 6 rings (SSSR count). The summed E-state index contributed by atoms with van der Waals surface area (Å²) in [5, 5.41) is 3.21. The first kappa shape index (κ1) is 24.2. The first-order valence-corrected chi connectivity index (χ1v) is 12.5. The number of rotatable bonds is 5. The van der Waals surface area contributed by atoms with Gasteiger partial charge in [0.05, 0.1) is 12.2 Å². The van der Waals surface area contributed by atoms with Crippen LogP contribution in [-0.2, 0) is 6.42 Å². The minimum atomic E-state index is -0.782. The van der Waals surface area contributed by atoms with Gasteiger partial charge in [0.2, 0.25) is 5.75 Å². The molecular formula is C28H27F2N7O. The van der Waals surface area contributed by atoms with Crippen LogP contribution in [0.2, 0.25) is 0 Å². The van der Waals surface area contributed by atoms with E-state index < -0.39 is 17.4 Å². The normalized spacial score (nSPS) is 17.2. The van der Waals surface area contributed by atoms with Crippen LogP contribution in [0.15, 0.2) is 53.2 Å². The molecule has 0 radical (unpaired) electrons. The van der Waals surface area contributed by atoms with Gasteiger partial charge in [-0.2, -0.15) is 9.97 Å². The van der Waals surface area contributed by atoms with E-state index in [2.05, 4.69) is 42.1 Å². The second kappa shape index (κ2) is 9.94. The highest BCUT2D eigenvalue weighted by atomic mass is 19.1. The molecule has 2 aromatic heterocycles. The van der Waals surface area contributed by atoms with Crippen LogP contribution in [0.3, 0.4) is 0 Å². The van der Waals surface area contributed by atoms with Gasteiger partial charge in [0.1, 0.15) is 17.5 Å². The van der Waals surface area contributed by atoms with E-state index in [0.717, 1.165) is 43.0 Å². The number of halogens is 2. The zero-order chi connectivity index (χ0) is 26.2. The molecule has 4 heterocycles. The Morgan fingerprint density at radius 2 is 1.87 bits per heavy atom. The molecule has 0 amide bonds. The van der Waals surface area contributed by atoms with Gasteiger partial charge in [0.25, 0.3) is 0 Å². The number of likely N-dealkylation sites (N-methyl/N-ethyl adjacent to an activating group) is 1. The fourth-order valence-electron chi connectivity index (χ4n) is 4.81. The Bertz CT molecular complexity index is 1480. The van der Waals surface area contributed by atoms with Crippen molar-refractivity contribution >= 4 is 29.1 Å². The van der Waals surface area contributed by atoms with Gasteiger partial charge >= 0.3 is 6.01 Å². The summed E-state index contributed by atoms with van der Waals surface area (Å²) in [7, 11) is 2.07. The lowest BCUT2D eigenvalue weighted by molar-refractivity contribution is 0.311. The average Bonchev–Trinajstić information content (AvgIpc) is 3.53. The molecule has 3 aliphatic rings. The molecule has 0 unspecified atom stereocenters. The number of hydrogen-bond acceptors (Lipinski definition) is 8. The van der Waals surface area contributed by atoms with E-state index >= 15 is 4.39 Å². The topological polar surface area (TPSA) is 78.8 Å². The Labute approximate surface area is 219 Å². The predicted molar refractivity (Wildman–Crippen MR) is 144 cm³/mol. The van der Waals surface area contributed by atoms with E-state index in [1.807, 2.05) is 31.2 Å².